The van der Waals surface area contributed by atoms with Gasteiger partial charge in [0.25, 0.3) is 5.56 Å². The smallest absolute Gasteiger partial charge is 0.323 e. The van der Waals surface area contributed by atoms with Crippen molar-refractivity contribution in [1.82, 2.24) is 34.1 Å². The van der Waals surface area contributed by atoms with Crippen LogP contribution in [0.1, 0.15) is 64.7 Å². The molecule has 0 aliphatic heterocycles. The number of carbonyl (C=O) groups is 2. The van der Waals surface area contributed by atoms with Crippen LogP contribution in [-0.2, 0) is 19.6 Å². The van der Waals surface area contributed by atoms with E-state index in [4.69, 9.17) is 11.6 Å². The van der Waals surface area contributed by atoms with Crippen LogP contribution in [0.3, 0.4) is 0 Å². The van der Waals surface area contributed by atoms with Crippen molar-refractivity contribution in [2.75, 3.05) is 0 Å². The van der Waals surface area contributed by atoms with Crippen LogP contribution in [0.4, 0.5) is 0 Å². The number of hydrogen-bond donors (Lipinski definition) is 1. The van der Waals surface area contributed by atoms with E-state index >= 15 is 0 Å². The maximum absolute atomic E-state index is 13.1. The van der Waals surface area contributed by atoms with Crippen molar-refractivity contribution in [3.63, 3.8) is 0 Å². The Morgan fingerprint density at radius 2 is 1.49 bits per heavy atom. The van der Waals surface area contributed by atoms with Crippen LogP contribution in [0.2, 0.25) is 5.28 Å². The van der Waals surface area contributed by atoms with Gasteiger partial charge in [0.2, 0.25) is 16.9 Å². The highest BCUT2D eigenvalue weighted by atomic mass is 35.5. The molecule has 1 N–H and O–H groups in total. The average Bonchev–Trinajstić information content (AvgIpc) is 3.46. The fourth-order valence-corrected chi connectivity index (χ4v) is 4.49. The molecule has 12 heteroatoms. The van der Waals surface area contributed by atoms with Gasteiger partial charge in [0.15, 0.2) is 22.6 Å². The number of unbranched alkanes of at least 4 members (excludes halogenated alkanes) is 2. The largest absolute Gasteiger partial charge is 0.332 e. The van der Waals surface area contributed by atoms with Gasteiger partial charge in [-0.15, -0.1) is 10.2 Å². The third kappa shape index (κ3) is 3.91. The molecule has 1 aliphatic carbocycles. The van der Waals surface area contributed by atoms with Gasteiger partial charge in [-0.1, -0.05) is 44.0 Å². The fraction of sp³-hybridized carbons (Fsp3) is 0.348. The zero-order valence-electron chi connectivity index (χ0n) is 19.0. The second kappa shape index (κ2) is 9.06. The monoisotopic (exact) mass is 495 g/mol. The van der Waals surface area contributed by atoms with Gasteiger partial charge in [-0.2, -0.15) is 9.78 Å². The van der Waals surface area contributed by atoms with Gasteiger partial charge in [0, 0.05) is 24.2 Å². The van der Waals surface area contributed by atoms with Crippen LogP contribution < -0.4 is 11.2 Å². The average molecular weight is 496 g/mol. The van der Waals surface area contributed by atoms with Crippen molar-refractivity contribution >= 4 is 34.3 Å². The minimum absolute atomic E-state index is 0.0117. The summed E-state index contributed by atoms with van der Waals surface area (Å²) >= 11 is 5.98. The van der Waals surface area contributed by atoms with Crippen LogP contribution in [-0.4, -0.2) is 45.7 Å². The van der Waals surface area contributed by atoms with E-state index in [0.717, 1.165) is 23.8 Å². The Balaban J connectivity index is 1.39. The minimum Gasteiger partial charge on any atom is -0.323 e. The molecule has 11 nitrogen and oxygen atoms in total. The van der Waals surface area contributed by atoms with Gasteiger partial charge in [0.1, 0.15) is 0 Å². The number of imidazole rings is 1. The summed E-state index contributed by atoms with van der Waals surface area (Å²) in [6.45, 7) is 2.77. The van der Waals surface area contributed by atoms with E-state index in [2.05, 4.69) is 27.1 Å². The second-order valence-corrected chi connectivity index (χ2v) is 8.73. The standard InChI is InChI=1S/C23H22ClN7O4/c1-2-3-6-10-29-20-17(25-22(24)26-20)21(34)30(23(29)35)11-7-12-31-27-15-16(28-31)19(33)14-9-5-4-8-13(14)18(15)32/h4-5,8-9H,2-3,6-7,10-12H2,1H3,(H,25,26). The second-order valence-electron chi connectivity index (χ2n) is 8.37. The Labute approximate surface area is 203 Å². The van der Waals surface area contributed by atoms with E-state index in [9.17, 15) is 19.2 Å². The zero-order valence-corrected chi connectivity index (χ0v) is 19.7. The lowest BCUT2D eigenvalue weighted by Gasteiger charge is -2.11. The van der Waals surface area contributed by atoms with Crippen molar-refractivity contribution < 1.29 is 9.59 Å². The molecule has 3 aromatic heterocycles. The first kappa shape index (κ1) is 22.9. The van der Waals surface area contributed by atoms with Gasteiger partial charge in [-0.05, 0) is 24.4 Å². The molecule has 0 unspecified atom stereocenters. The predicted molar refractivity (Wildman–Crippen MR) is 127 cm³/mol. The Bertz CT molecular complexity index is 1540. The molecular formula is C23H22ClN7O4. The summed E-state index contributed by atoms with van der Waals surface area (Å²) in [5.74, 6) is -0.705. The molecule has 0 atom stereocenters. The van der Waals surface area contributed by atoms with Crippen LogP contribution in [0, 0.1) is 0 Å². The number of fused-ring (bicyclic) bond motifs is 3. The Morgan fingerprint density at radius 3 is 2.11 bits per heavy atom. The number of nitrogens with one attached hydrogen (secondary N) is 1. The van der Waals surface area contributed by atoms with E-state index in [-0.39, 0.29) is 52.5 Å². The molecule has 0 bridgehead atoms. The van der Waals surface area contributed by atoms with Crippen LogP contribution in [0.5, 0.6) is 0 Å². The number of hydrogen-bond acceptors (Lipinski definition) is 7. The molecule has 0 amide bonds. The van der Waals surface area contributed by atoms with Crippen LogP contribution >= 0.6 is 11.6 Å². The number of aromatic nitrogens is 7. The van der Waals surface area contributed by atoms with Crippen molar-refractivity contribution in [3.05, 3.63) is 72.9 Å². The molecule has 1 aliphatic rings. The van der Waals surface area contributed by atoms with Gasteiger partial charge >= 0.3 is 5.69 Å². The van der Waals surface area contributed by atoms with Gasteiger partial charge in [-0.3, -0.25) is 23.5 Å². The summed E-state index contributed by atoms with van der Waals surface area (Å²) in [4.78, 5) is 59.7. The summed E-state index contributed by atoms with van der Waals surface area (Å²) in [5, 5.41) is 8.46. The minimum atomic E-state index is -0.510. The van der Waals surface area contributed by atoms with E-state index in [1.807, 2.05) is 0 Å². The normalized spacial score (nSPS) is 12.9. The molecule has 5 rings (SSSR count). The maximum Gasteiger partial charge on any atom is 0.332 e. The molecule has 3 heterocycles. The SMILES string of the molecule is CCCCCn1c(=O)n(CCCn2nc3c(n2)C(=O)c2ccccc2C3=O)c(=O)c2[nH]c(Cl)nc21. The molecule has 35 heavy (non-hydrogen) atoms. The lowest BCUT2D eigenvalue weighted by atomic mass is 9.90. The van der Waals surface area contributed by atoms with Crippen LogP contribution in [0.25, 0.3) is 11.2 Å². The highest BCUT2D eigenvalue weighted by Crippen LogP contribution is 2.24. The van der Waals surface area contributed by atoms with Gasteiger partial charge < -0.3 is 4.98 Å². The van der Waals surface area contributed by atoms with Gasteiger partial charge in [-0.25, -0.2) is 4.79 Å². The summed E-state index contributed by atoms with van der Waals surface area (Å²) < 4.78 is 2.60. The molecule has 180 valence electrons. The Morgan fingerprint density at radius 1 is 0.857 bits per heavy atom. The van der Waals surface area contributed by atoms with Crippen LogP contribution in [0.15, 0.2) is 33.9 Å². The Hall–Kier alpha value is -3.86. The summed E-state index contributed by atoms with van der Waals surface area (Å²) in [7, 11) is 0. The van der Waals surface area contributed by atoms with Crippen molar-refractivity contribution in [2.24, 2.45) is 0 Å². The summed E-state index contributed by atoms with van der Waals surface area (Å²) in [5.41, 5.74) is 0.0795. The lowest BCUT2D eigenvalue weighted by molar-refractivity contribution is 0.0974. The number of aromatic amines is 1. The number of carbonyl (C=O) groups excluding carboxylic acids is 2. The lowest BCUT2D eigenvalue weighted by Crippen LogP contribution is -2.40. The van der Waals surface area contributed by atoms with Crippen molar-refractivity contribution in [3.8, 4) is 0 Å². The first-order chi connectivity index (χ1) is 16.9. The number of aryl methyl sites for hydroxylation is 2. The first-order valence-corrected chi connectivity index (χ1v) is 11.8. The topological polar surface area (TPSA) is 138 Å². The van der Waals surface area contributed by atoms with E-state index < -0.39 is 11.2 Å². The Kier molecular flexibility index (Phi) is 5.93. The highest BCUT2D eigenvalue weighted by molar-refractivity contribution is 6.29. The van der Waals surface area contributed by atoms with E-state index in [1.165, 1.54) is 9.36 Å². The molecule has 0 fully saturated rings. The fourth-order valence-electron chi connectivity index (χ4n) is 4.32. The number of H-pyrrole nitrogens is 1. The summed E-state index contributed by atoms with van der Waals surface area (Å²) in [6.07, 6.45) is 3.00. The highest BCUT2D eigenvalue weighted by Gasteiger charge is 2.34. The number of halogens is 1. The van der Waals surface area contributed by atoms with Crippen molar-refractivity contribution in [1.29, 1.82) is 0 Å². The number of benzene rings is 1. The molecular weight excluding hydrogens is 474 g/mol. The molecule has 0 saturated heterocycles. The zero-order chi connectivity index (χ0) is 24.7. The molecule has 1 aromatic carbocycles. The van der Waals surface area contributed by atoms with E-state index in [1.54, 1.807) is 24.3 Å². The molecule has 0 radical (unpaired) electrons. The number of rotatable bonds is 8. The van der Waals surface area contributed by atoms with Crippen molar-refractivity contribution in [2.45, 2.75) is 52.2 Å². The molecule has 4 aromatic rings. The quantitative estimate of drug-likeness (QED) is 0.257. The maximum atomic E-state index is 13.1. The first-order valence-electron chi connectivity index (χ1n) is 11.4. The molecule has 0 saturated carbocycles. The third-order valence-corrected chi connectivity index (χ3v) is 6.24. The third-order valence-electron chi connectivity index (χ3n) is 6.06. The number of nitrogens with zero attached hydrogens (tertiary/aromatic N) is 6. The predicted octanol–water partition coefficient (Wildman–Crippen LogP) is 2.19. The summed E-state index contributed by atoms with van der Waals surface area (Å²) in [6, 6.07) is 6.56. The van der Waals surface area contributed by atoms with Gasteiger partial charge in [0.05, 0.1) is 6.54 Å². The molecule has 0 spiro atoms. The number of ketones is 2. The van der Waals surface area contributed by atoms with E-state index in [0.29, 0.717) is 24.1 Å².